The minimum absolute atomic E-state index is 0.00716. The first kappa shape index (κ1) is 15.8. The summed E-state index contributed by atoms with van der Waals surface area (Å²) in [5, 5.41) is 3.65. The van der Waals surface area contributed by atoms with Gasteiger partial charge < -0.3 is 5.32 Å². The van der Waals surface area contributed by atoms with Crippen LogP contribution in [0.25, 0.3) is 0 Å². The second kappa shape index (κ2) is 7.46. The van der Waals surface area contributed by atoms with Gasteiger partial charge in [-0.15, -0.1) is 0 Å². The van der Waals surface area contributed by atoms with Crippen LogP contribution in [-0.2, 0) is 11.2 Å². The van der Waals surface area contributed by atoms with Gasteiger partial charge in [-0.3, -0.25) is 14.2 Å². The largest absolute Gasteiger partial charge is 0.356 e. The van der Waals surface area contributed by atoms with Crippen molar-refractivity contribution in [3.63, 3.8) is 0 Å². The number of aryl methyl sites for hydroxylation is 1. The Morgan fingerprint density at radius 2 is 2.13 bits per heavy atom. The van der Waals surface area contributed by atoms with E-state index in [0.717, 1.165) is 18.6 Å². The predicted octanol–water partition coefficient (Wildman–Crippen LogP) is 2.03. The Labute approximate surface area is 139 Å². The average Bonchev–Trinajstić information content (AvgIpc) is 2.97. The van der Waals surface area contributed by atoms with Gasteiger partial charge in [-0.25, -0.2) is 4.98 Å². The smallest absolute Gasteiger partial charge is 0.254 e. The van der Waals surface area contributed by atoms with Crippen molar-refractivity contribution in [1.82, 2.24) is 14.9 Å². The highest BCUT2D eigenvalue weighted by Crippen LogP contribution is 2.31. The summed E-state index contributed by atoms with van der Waals surface area (Å²) in [4.78, 5) is 28.2. The molecule has 0 saturated heterocycles. The number of hydrogen-bond donors (Lipinski definition) is 1. The van der Waals surface area contributed by atoms with E-state index in [0.29, 0.717) is 18.1 Å². The van der Waals surface area contributed by atoms with Crippen LogP contribution in [0.3, 0.4) is 0 Å². The molecule has 0 fully saturated rings. The molecule has 0 spiro atoms. The first-order valence-corrected chi connectivity index (χ1v) is 8.73. The molecule has 1 amide bonds. The molecule has 1 aromatic heterocycles. The molecule has 1 atom stereocenters. The summed E-state index contributed by atoms with van der Waals surface area (Å²) in [6.07, 6.45) is 3.71. The van der Waals surface area contributed by atoms with E-state index in [9.17, 15) is 9.59 Å². The number of aromatic nitrogens is 2. The zero-order chi connectivity index (χ0) is 16.1. The molecule has 120 valence electrons. The monoisotopic (exact) mass is 329 g/mol. The van der Waals surface area contributed by atoms with Gasteiger partial charge in [0.25, 0.3) is 5.56 Å². The predicted molar refractivity (Wildman–Crippen MR) is 90.6 cm³/mol. The minimum atomic E-state index is -0.0923. The molecule has 1 N–H and O–H groups in total. The fraction of sp³-hybridized carbons (Fsp3) is 0.353. The van der Waals surface area contributed by atoms with Crippen molar-refractivity contribution < 1.29 is 4.79 Å². The van der Waals surface area contributed by atoms with Crippen molar-refractivity contribution in [2.45, 2.75) is 30.5 Å². The highest BCUT2D eigenvalue weighted by atomic mass is 32.2. The van der Waals surface area contributed by atoms with Crippen LogP contribution >= 0.6 is 11.8 Å². The van der Waals surface area contributed by atoms with Crippen molar-refractivity contribution in [2.75, 3.05) is 12.3 Å². The third-order valence-corrected chi connectivity index (χ3v) is 4.96. The van der Waals surface area contributed by atoms with Crippen LogP contribution in [0.1, 0.15) is 24.4 Å². The topological polar surface area (TPSA) is 64.0 Å². The van der Waals surface area contributed by atoms with E-state index < -0.39 is 0 Å². The van der Waals surface area contributed by atoms with Gasteiger partial charge in [0.2, 0.25) is 5.91 Å². The summed E-state index contributed by atoms with van der Waals surface area (Å²) in [5.74, 6) is 0.719. The quantitative estimate of drug-likeness (QED) is 0.650. The number of hydrogen-bond acceptors (Lipinski definition) is 4. The Morgan fingerprint density at radius 3 is 2.96 bits per heavy atom. The summed E-state index contributed by atoms with van der Waals surface area (Å²) < 4.78 is 1.63. The molecular formula is C17H19N3O2S. The SMILES string of the molecule is O=C(C[C@@H]1CSc2nccc(=O)n21)NCCCc1ccccc1. The zero-order valence-electron chi connectivity index (χ0n) is 12.8. The maximum Gasteiger partial charge on any atom is 0.254 e. The van der Waals surface area contributed by atoms with E-state index in [2.05, 4.69) is 22.4 Å². The first-order chi connectivity index (χ1) is 11.2. The van der Waals surface area contributed by atoms with Crippen LogP contribution in [0.5, 0.6) is 0 Å². The average molecular weight is 329 g/mol. The lowest BCUT2D eigenvalue weighted by molar-refractivity contribution is -0.121. The highest BCUT2D eigenvalue weighted by Gasteiger charge is 2.26. The molecule has 0 unspecified atom stereocenters. The van der Waals surface area contributed by atoms with Gasteiger partial charge in [-0.05, 0) is 18.4 Å². The third kappa shape index (κ3) is 4.01. The molecule has 0 aliphatic carbocycles. The van der Waals surface area contributed by atoms with Gasteiger partial charge in [0, 0.05) is 31.0 Å². The van der Waals surface area contributed by atoms with Crippen LogP contribution in [-0.4, -0.2) is 27.8 Å². The minimum Gasteiger partial charge on any atom is -0.356 e. The number of thioether (sulfide) groups is 1. The normalized spacial score (nSPS) is 16.1. The first-order valence-electron chi connectivity index (χ1n) is 7.75. The molecule has 1 aliphatic heterocycles. The van der Waals surface area contributed by atoms with Gasteiger partial charge >= 0.3 is 0 Å². The molecule has 23 heavy (non-hydrogen) atoms. The molecule has 6 heteroatoms. The Hall–Kier alpha value is -2.08. The van der Waals surface area contributed by atoms with E-state index in [1.54, 1.807) is 4.57 Å². The number of fused-ring (bicyclic) bond motifs is 1. The number of carbonyl (C=O) groups is 1. The van der Waals surface area contributed by atoms with Gasteiger partial charge in [0.05, 0.1) is 6.04 Å². The Bertz CT molecular complexity index is 730. The summed E-state index contributed by atoms with van der Waals surface area (Å²) >= 11 is 1.53. The van der Waals surface area contributed by atoms with Crippen molar-refractivity contribution in [3.05, 3.63) is 58.5 Å². The molecule has 0 saturated carbocycles. The number of nitrogens with zero attached hydrogens (tertiary/aromatic N) is 2. The van der Waals surface area contributed by atoms with Crippen molar-refractivity contribution in [3.8, 4) is 0 Å². The van der Waals surface area contributed by atoms with Crippen LogP contribution in [0.2, 0.25) is 0 Å². The molecule has 1 aliphatic rings. The van der Waals surface area contributed by atoms with E-state index in [-0.39, 0.29) is 17.5 Å². The lowest BCUT2D eigenvalue weighted by Gasteiger charge is -2.12. The summed E-state index contributed by atoms with van der Waals surface area (Å²) in [7, 11) is 0. The Balaban J connectivity index is 1.45. The standard InChI is InChI=1S/C17H19N3O2S/c21-15(18-9-4-7-13-5-2-1-3-6-13)11-14-12-23-17-19-10-8-16(22)20(14)17/h1-3,5-6,8,10,14H,4,7,9,11-12H2,(H,18,21)/t14-/m1/s1. The van der Waals surface area contributed by atoms with E-state index in [1.807, 2.05) is 18.2 Å². The Morgan fingerprint density at radius 1 is 1.30 bits per heavy atom. The second-order valence-electron chi connectivity index (χ2n) is 5.54. The number of benzene rings is 1. The fourth-order valence-corrected chi connectivity index (χ4v) is 3.81. The lowest BCUT2D eigenvalue weighted by atomic mass is 10.1. The molecule has 0 radical (unpaired) electrons. The summed E-state index contributed by atoms with van der Waals surface area (Å²) in [6, 6.07) is 11.6. The third-order valence-electron chi connectivity index (χ3n) is 3.84. The molecule has 2 aromatic rings. The summed E-state index contributed by atoms with van der Waals surface area (Å²) in [5.41, 5.74) is 1.20. The maximum atomic E-state index is 12.1. The van der Waals surface area contributed by atoms with E-state index >= 15 is 0 Å². The van der Waals surface area contributed by atoms with Crippen LogP contribution in [0, 0.1) is 0 Å². The van der Waals surface area contributed by atoms with Gasteiger partial charge in [-0.1, -0.05) is 42.1 Å². The molecular weight excluding hydrogens is 310 g/mol. The van der Waals surface area contributed by atoms with Crippen molar-refractivity contribution >= 4 is 17.7 Å². The van der Waals surface area contributed by atoms with Crippen molar-refractivity contribution in [1.29, 1.82) is 0 Å². The van der Waals surface area contributed by atoms with Gasteiger partial charge in [-0.2, -0.15) is 0 Å². The fourth-order valence-electron chi connectivity index (χ4n) is 2.69. The van der Waals surface area contributed by atoms with Crippen LogP contribution in [0.4, 0.5) is 0 Å². The maximum absolute atomic E-state index is 12.1. The number of rotatable bonds is 6. The van der Waals surface area contributed by atoms with Crippen molar-refractivity contribution in [2.24, 2.45) is 0 Å². The molecule has 3 rings (SSSR count). The lowest BCUT2D eigenvalue weighted by Crippen LogP contribution is -2.30. The molecule has 1 aromatic carbocycles. The highest BCUT2D eigenvalue weighted by molar-refractivity contribution is 7.99. The van der Waals surface area contributed by atoms with Gasteiger partial charge in [0.15, 0.2) is 5.16 Å². The molecule has 5 nitrogen and oxygen atoms in total. The van der Waals surface area contributed by atoms with E-state index in [1.165, 1.54) is 29.6 Å². The molecule has 0 bridgehead atoms. The van der Waals surface area contributed by atoms with Crippen LogP contribution in [0.15, 0.2) is 52.5 Å². The van der Waals surface area contributed by atoms with E-state index in [4.69, 9.17) is 0 Å². The molecule has 2 heterocycles. The van der Waals surface area contributed by atoms with Gasteiger partial charge in [0.1, 0.15) is 0 Å². The van der Waals surface area contributed by atoms with Crippen LogP contribution < -0.4 is 10.9 Å². The second-order valence-corrected chi connectivity index (χ2v) is 6.53. The number of amides is 1. The number of nitrogens with one attached hydrogen (secondary N) is 1. The zero-order valence-corrected chi connectivity index (χ0v) is 13.6. The number of carbonyl (C=O) groups excluding carboxylic acids is 1. The Kier molecular flexibility index (Phi) is 5.12. The summed E-state index contributed by atoms with van der Waals surface area (Å²) in [6.45, 7) is 0.655.